The van der Waals surface area contributed by atoms with Gasteiger partial charge < -0.3 is 28.6 Å². The fraction of sp³-hybridized carbons (Fsp3) is 0.364. The van der Waals surface area contributed by atoms with Gasteiger partial charge in [0.05, 0.1) is 25.1 Å². The number of carbonyl (C=O) groups is 2. The summed E-state index contributed by atoms with van der Waals surface area (Å²) in [6, 6.07) is 7.47. The van der Waals surface area contributed by atoms with Crippen LogP contribution < -0.4 is 9.47 Å². The second-order valence-electron chi connectivity index (χ2n) is 7.53. The minimum Gasteiger partial charge on any atom is -0.507 e. The standard InChI is InChI=1S/C22H22N2O7/c25-20(14-3-4-15-17(12-14)31-13-30-15)18-19(16-2-1-9-29-16)24(22(27)21(18)26)6-5-23-7-10-28-11-8-23/h1-4,9,12,19,25H,5-8,10-11,13H2. The number of carbonyl (C=O) groups excluding carboxylic acids is 2. The molecule has 3 aliphatic heterocycles. The highest BCUT2D eigenvalue weighted by molar-refractivity contribution is 6.46. The smallest absolute Gasteiger partial charge is 0.295 e. The zero-order valence-electron chi connectivity index (χ0n) is 16.8. The molecule has 2 aromatic rings. The average Bonchev–Trinajstić information content (AvgIpc) is 3.53. The zero-order chi connectivity index (χ0) is 21.4. The largest absolute Gasteiger partial charge is 0.507 e. The quantitative estimate of drug-likeness (QED) is 0.439. The SMILES string of the molecule is O=C1C(=O)N(CCN2CCOCC2)C(c2ccco2)C1=C(O)c1ccc2c(c1)OCO2. The van der Waals surface area contributed by atoms with Crippen molar-refractivity contribution in [2.45, 2.75) is 6.04 Å². The molecule has 31 heavy (non-hydrogen) atoms. The van der Waals surface area contributed by atoms with E-state index in [4.69, 9.17) is 18.6 Å². The van der Waals surface area contributed by atoms with Crippen molar-refractivity contribution in [2.75, 3.05) is 46.2 Å². The number of morpholine rings is 1. The van der Waals surface area contributed by atoms with Crippen molar-refractivity contribution in [3.63, 3.8) is 0 Å². The van der Waals surface area contributed by atoms with Gasteiger partial charge in [-0.3, -0.25) is 14.5 Å². The van der Waals surface area contributed by atoms with Crippen LogP contribution in [0.3, 0.4) is 0 Å². The lowest BCUT2D eigenvalue weighted by Crippen LogP contribution is -2.42. The third-order valence-corrected chi connectivity index (χ3v) is 5.76. The number of nitrogens with zero attached hydrogens (tertiary/aromatic N) is 2. The Kier molecular flexibility index (Phi) is 5.13. The van der Waals surface area contributed by atoms with E-state index in [1.54, 1.807) is 30.3 Å². The van der Waals surface area contributed by atoms with Crippen LogP contribution in [0, 0.1) is 0 Å². The highest BCUT2D eigenvalue weighted by Gasteiger charge is 2.47. The van der Waals surface area contributed by atoms with Crippen LogP contribution in [0.25, 0.3) is 5.76 Å². The Morgan fingerprint density at radius 2 is 1.87 bits per heavy atom. The molecule has 5 rings (SSSR count). The van der Waals surface area contributed by atoms with Crippen molar-refractivity contribution in [3.8, 4) is 11.5 Å². The monoisotopic (exact) mass is 426 g/mol. The molecule has 1 atom stereocenters. The van der Waals surface area contributed by atoms with Gasteiger partial charge in [-0.05, 0) is 30.3 Å². The molecule has 2 fully saturated rings. The summed E-state index contributed by atoms with van der Waals surface area (Å²) in [5, 5.41) is 11.1. The highest BCUT2D eigenvalue weighted by atomic mass is 16.7. The van der Waals surface area contributed by atoms with E-state index in [1.807, 2.05) is 0 Å². The van der Waals surface area contributed by atoms with Crippen LogP contribution >= 0.6 is 0 Å². The lowest BCUT2D eigenvalue weighted by molar-refractivity contribution is -0.140. The van der Waals surface area contributed by atoms with Crippen LogP contribution in [-0.2, 0) is 14.3 Å². The number of benzene rings is 1. The van der Waals surface area contributed by atoms with Crippen LogP contribution in [0.15, 0.2) is 46.6 Å². The number of amides is 1. The van der Waals surface area contributed by atoms with Crippen molar-refractivity contribution in [1.29, 1.82) is 0 Å². The van der Waals surface area contributed by atoms with E-state index in [-0.39, 0.29) is 18.1 Å². The number of ether oxygens (including phenoxy) is 3. The molecule has 1 amide bonds. The molecule has 162 valence electrons. The van der Waals surface area contributed by atoms with Gasteiger partial charge in [0.15, 0.2) is 11.5 Å². The van der Waals surface area contributed by atoms with Gasteiger partial charge in [-0.15, -0.1) is 0 Å². The van der Waals surface area contributed by atoms with Crippen molar-refractivity contribution < 1.29 is 33.3 Å². The Balaban J connectivity index is 1.50. The fourth-order valence-electron chi connectivity index (χ4n) is 4.13. The first-order valence-electron chi connectivity index (χ1n) is 10.2. The molecule has 1 unspecified atom stereocenters. The lowest BCUT2D eigenvalue weighted by Gasteiger charge is -2.30. The summed E-state index contributed by atoms with van der Waals surface area (Å²) < 4.78 is 21.6. The van der Waals surface area contributed by atoms with Gasteiger partial charge in [0.25, 0.3) is 11.7 Å². The van der Waals surface area contributed by atoms with Crippen molar-refractivity contribution in [1.82, 2.24) is 9.80 Å². The van der Waals surface area contributed by atoms with E-state index in [1.165, 1.54) is 11.2 Å². The molecule has 1 N–H and O–H groups in total. The third-order valence-electron chi connectivity index (χ3n) is 5.76. The first-order valence-corrected chi connectivity index (χ1v) is 10.2. The molecule has 9 nitrogen and oxygen atoms in total. The first kappa shape index (κ1) is 19.7. The van der Waals surface area contributed by atoms with Gasteiger partial charge in [-0.25, -0.2) is 0 Å². The summed E-state index contributed by atoms with van der Waals surface area (Å²) in [5.41, 5.74) is 0.368. The van der Waals surface area contributed by atoms with E-state index < -0.39 is 17.7 Å². The minimum absolute atomic E-state index is 0.000734. The van der Waals surface area contributed by atoms with Crippen molar-refractivity contribution in [3.05, 3.63) is 53.5 Å². The molecule has 0 aliphatic carbocycles. The zero-order valence-corrected chi connectivity index (χ0v) is 16.8. The van der Waals surface area contributed by atoms with Crippen LogP contribution in [0.5, 0.6) is 11.5 Å². The second kappa shape index (κ2) is 8.09. The Hall–Kier alpha value is -3.30. The molecular weight excluding hydrogens is 404 g/mol. The highest BCUT2D eigenvalue weighted by Crippen LogP contribution is 2.41. The van der Waals surface area contributed by atoms with Crippen LogP contribution in [0.4, 0.5) is 0 Å². The van der Waals surface area contributed by atoms with E-state index in [2.05, 4.69) is 4.90 Å². The van der Waals surface area contributed by atoms with Gasteiger partial charge in [0.2, 0.25) is 6.79 Å². The minimum atomic E-state index is -0.804. The number of Topliss-reactive ketones (excluding diaryl/α,β-unsaturated/α-hetero) is 1. The van der Waals surface area contributed by atoms with E-state index in [0.717, 1.165) is 13.1 Å². The predicted octanol–water partition coefficient (Wildman–Crippen LogP) is 1.76. The third kappa shape index (κ3) is 3.55. The number of likely N-dealkylation sites (tertiary alicyclic amines) is 1. The predicted molar refractivity (Wildman–Crippen MR) is 108 cm³/mol. The van der Waals surface area contributed by atoms with Crippen molar-refractivity contribution >= 4 is 17.4 Å². The summed E-state index contributed by atoms with van der Waals surface area (Å²) in [6.45, 7) is 3.84. The number of furan rings is 1. The molecule has 0 radical (unpaired) electrons. The van der Waals surface area contributed by atoms with Gasteiger partial charge in [-0.2, -0.15) is 0 Å². The van der Waals surface area contributed by atoms with E-state index in [0.29, 0.717) is 49.1 Å². The maximum atomic E-state index is 13.0. The lowest BCUT2D eigenvalue weighted by atomic mass is 9.99. The maximum Gasteiger partial charge on any atom is 0.295 e. The normalized spacial score (nSPS) is 23.0. The second-order valence-corrected chi connectivity index (χ2v) is 7.53. The molecule has 9 heteroatoms. The Morgan fingerprint density at radius 1 is 1.06 bits per heavy atom. The maximum absolute atomic E-state index is 13.0. The number of hydrogen-bond acceptors (Lipinski definition) is 8. The summed E-state index contributed by atoms with van der Waals surface area (Å²) >= 11 is 0. The summed E-state index contributed by atoms with van der Waals surface area (Å²) in [7, 11) is 0. The number of aliphatic hydroxyl groups is 1. The van der Waals surface area contributed by atoms with E-state index >= 15 is 0 Å². The van der Waals surface area contributed by atoms with Gasteiger partial charge >= 0.3 is 0 Å². The first-order chi connectivity index (χ1) is 15.1. The topological polar surface area (TPSA) is 102 Å². The van der Waals surface area contributed by atoms with Gasteiger partial charge in [0, 0.05) is 31.7 Å². The van der Waals surface area contributed by atoms with Crippen LogP contribution in [0.2, 0.25) is 0 Å². The van der Waals surface area contributed by atoms with Gasteiger partial charge in [-0.1, -0.05) is 0 Å². The number of aliphatic hydroxyl groups excluding tert-OH is 1. The molecule has 0 spiro atoms. The van der Waals surface area contributed by atoms with Crippen LogP contribution in [0.1, 0.15) is 17.4 Å². The average molecular weight is 426 g/mol. The Labute approximate surface area is 178 Å². The summed E-state index contributed by atoms with van der Waals surface area (Å²) in [4.78, 5) is 29.5. The molecule has 3 aliphatic rings. The number of ketones is 1. The fourth-order valence-corrected chi connectivity index (χ4v) is 4.13. The summed E-state index contributed by atoms with van der Waals surface area (Å²) in [6.07, 6.45) is 1.48. The van der Waals surface area contributed by atoms with Gasteiger partial charge in [0.1, 0.15) is 17.6 Å². The van der Waals surface area contributed by atoms with E-state index in [9.17, 15) is 14.7 Å². The molecule has 1 aromatic heterocycles. The molecule has 2 saturated heterocycles. The molecular formula is C22H22N2O7. The van der Waals surface area contributed by atoms with Crippen LogP contribution in [-0.4, -0.2) is 72.8 Å². The van der Waals surface area contributed by atoms with Crippen molar-refractivity contribution in [2.24, 2.45) is 0 Å². The number of rotatable bonds is 5. The number of fused-ring (bicyclic) bond motifs is 1. The molecule has 0 saturated carbocycles. The molecule has 1 aromatic carbocycles. The molecule has 4 heterocycles. The number of hydrogen-bond donors (Lipinski definition) is 1. The summed E-state index contributed by atoms with van der Waals surface area (Å²) in [5.74, 6) is -0.212. The Morgan fingerprint density at radius 3 is 2.65 bits per heavy atom. The Bertz CT molecular complexity index is 1020. The molecule has 0 bridgehead atoms.